The van der Waals surface area contributed by atoms with Crippen LogP contribution in [-0.2, 0) is 4.79 Å². The molecule has 1 amide bonds. The van der Waals surface area contributed by atoms with Crippen LogP contribution in [0.4, 0.5) is 0 Å². The maximum atomic E-state index is 11.5. The first kappa shape index (κ1) is 8.68. The van der Waals surface area contributed by atoms with E-state index < -0.39 is 0 Å². The number of likely N-dealkylation sites (tertiary alicyclic amines) is 1. The fraction of sp³-hybridized carbons (Fsp3) is 0.900. The third-order valence-electron chi connectivity index (χ3n) is 3.87. The normalized spacial score (nSPS) is 39.0. The Morgan fingerprint density at radius 2 is 2.14 bits per heavy atom. The molecule has 0 spiro atoms. The lowest BCUT2D eigenvalue weighted by Gasteiger charge is -2.45. The fourth-order valence-corrected chi connectivity index (χ4v) is 2.95. The third-order valence-corrected chi connectivity index (χ3v) is 3.87. The van der Waals surface area contributed by atoms with Crippen LogP contribution < -0.4 is 10.6 Å². The Labute approximate surface area is 84.0 Å². The SMILES string of the molecule is O=C1NC[C@@H]2[C@H]1CCCN2C1CNC1. The van der Waals surface area contributed by atoms with Crippen molar-refractivity contribution < 1.29 is 4.79 Å². The van der Waals surface area contributed by atoms with E-state index in [9.17, 15) is 4.79 Å². The molecule has 0 aromatic heterocycles. The number of hydrogen-bond acceptors (Lipinski definition) is 3. The molecule has 4 heteroatoms. The average Bonchev–Trinajstić information content (AvgIpc) is 2.47. The van der Waals surface area contributed by atoms with Gasteiger partial charge in [0.05, 0.1) is 5.92 Å². The molecular weight excluding hydrogens is 178 g/mol. The summed E-state index contributed by atoms with van der Waals surface area (Å²) in [5.74, 6) is 0.566. The molecule has 78 valence electrons. The smallest absolute Gasteiger partial charge is 0.224 e. The molecule has 3 aliphatic heterocycles. The van der Waals surface area contributed by atoms with Gasteiger partial charge in [0, 0.05) is 31.7 Å². The zero-order valence-electron chi connectivity index (χ0n) is 8.33. The summed E-state index contributed by atoms with van der Waals surface area (Å²) in [5, 5.41) is 6.30. The minimum absolute atomic E-state index is 0.282. The molecular formula is C10H17N3O. The summed E-state index contributed by atoms with van der Waals surface area (Å²) in [5.41, 5.74) is 0. The van der Waals surface area contributed by atoms with Gasteiger partial charge in [-0.25, -0.2) is 0 Å². The Hall–Kier alpha value is -0.610. The van der Waals surface area contributed by atoms with Crippen LogP contribution in [0.5, 0.6) is 0 Å². The molecule has 0 unspecified atom stereocenters. The van der Waals surface area contributed by atoms with Gasteiger partial charge < -0.3 is 10.6 Å². The molecule has 0 radical (unpaired) electrons. The van der Waals surface area contributed by atoms with Crippen molar-refractivity contribution in [2.24, 2.45) is 5.92 Å². The fourth-order valence-electron chi connectivity index (χ4n) is 2.95. The van der Waals surface area contributed by atoms with Gasteiger partial charge in [0.25, 0.3) is 0 Å². The van der Waals surface area contributed by atoms with Gasteiger partial charge in [0.15, 0.2) is 0 Å². The van der Waals surface area contributed by atoms with Gasteiger partial charge in [-0.15, -0.1) is 0 Å². The van der Waals surface area contributed by atoms with E-state index in [1.165, 1.54) is 13.0 Å². The molecule has 3 heterocycles. The lowest BCUT2D eigenvalue weighted by Crippen LogP contribution is -2.62. The third kappa shape index (κ3) is 1.17. The van der Waals surface area contributed by atoms with Crippen LogP contribution in [0, 0.1) is 5.92 Å². The molecule has 3 fully saturated rings. The lowest BCUT2D eigenvalue weighted by atomic mass is 9.89. The summed E-state index contributed by atoms with van der Waals surface area (Å²) >= 11 is 0. The van der Waals surface area contributed by atoms with Gasteiger partial charge in [0.1, 0.15) is 0 Å². The summed E-state index contributed by atoms with van der Waals surface area (Å²) in [6.45, 7) is 4.28. The number of rotatable bonds is 1. The summed E-state index contributed by atoms with van der Waals surface area (Å²) in [7, 11) is 0. The molecule has 0 bridgehead atoms. The van der Waals surface area contributed by atoms with Gasteiger partial charge in [-0.3, -0.25) is 9.69 Å². The van der Waals surface area contributed by atoms with Crippen molar-refractivity contribution in [3.63, 3.8) is 0 Å². The molecule has 14 heavy (non-hydrogen) atoms. The monoisotopic (exact) mass is 195 g/mol. The Balaban J connectivity index is 1.75. The highest BCUT2D eigenvalue weighted by Gasteiger charge is 2.43. The van der Waals surface area contributed by atoms with Crippen LogP contribution in [-0.4, -0.2) is 49.1 Å². The van der Waals surface area contributed by atoms with Crippen molar-refractivity contribution in [2.45, 2.75) is 24.9 Å². The van der Waals surface area contributed by atoms with Gasteiger partial charge >= 0.3 is 0 Å². The van der Waals surface area contributed by atoms with Crippen LogP contribution in [0.2, 0.25) is 0 Å². The maximum Gasteiger partial charge on any atom is 0.224 e. The van der Waals surface area contributed by atoms with Crippen molar-refractivity contribution in [3.05, 3.63) is 0 Å². The Morgan fingerprint density at radius 3 is 2.86 bits per heavy atom. The predicted molar refractivity (Wildman–Crippen MR) is 52.9 cm³/mol. The molecule has 0 saturated carbocycles. The van der Waals surface area contributed by atoms with Crippen molar-refractivity contribution >= 4 is 5.91 Å². The molecule has 0 aromatic carbocycles. The number of fused-ring (bicyclic) bond motifs is 1. The van der Waals surface area contributed by atoms with Gasteiger partial charge in [-0.05, 0) is 19.4 Å². The van der Waals surface area contributed by atoms with Crippen LogP contribution in [0.3, 0.4) is 0 Å². The quantitative estimate of drug-likeness (QED) is 0.574. The largest absolute Gasteiger partial charge is 0.354 e. The minimum atomic E-state index is 0.282. The summed E-state index contributed by atoms with van der Waals surface area (Å²) < 4.78 is 0. The standard InChI is InChI=1S/C10H17N3O/c14-10-8-2-1-3-13(7-4-11-5-7)9(8)6-12-10/h7-9,11H,1-6H2,(H,12,14)/t8-,9-/m1/s1. The second-order valence-corrected chi connectivity index (χ2v) is 4.61. The second kappa shape index (κ2) is 3.21. The highest BCUT2D eigenvalue weighted by molar-refractivity contribution is 5.82. The van der Waals surface area contributed by atoms with Gasteiger partial charge in [-0.2, -0.15) is 0 Å². The predicted octanol–water partition coefficient (Wildman–Crippen LogP) is -0.831. The zero-order chi connectivity index (χ0) is 9.54. The zero-order valence-corrected chi connectivity index (χ0v) is 8.33. The van der Waals surface area contributed by atoms with Crippen molar-refractivity contribution in [1.82, 2.24) is 15.5 Å². The van der Waals surface area contributed by atoms with E-state index in [-0.39, 0.29) is 11.8 Å². The number of carbonyl (C=O) groups excluding carboxylic acids is 1. The number of nitrogens with zero attached hydrogens (tertiary/aromatic N) is 1. The van der Waals surface area contributed by atoms with E-state index >= 15 is 0 Å². The highest BCUT2D eigenvalue weighted by atomic mass is 16.2. The number of hydrogen-bond donors (Lipinski definition) is 2. The second-order valence-electron chi connectivity index (χ2n) is 4.61. The lowest BCUT2D eigenvalue weighted by molar-refractivity contribution is -0.124. The maximum absolute atomic E-state index is 11.5. The van der Waals surface area contributed by atoms with Crippen LogP contribution in [0.15, 0.2) is 0 Å². The average molecular weight is 195 g/mol. The Morgan fingerprint density at radius 1 is 1.29 bits per heavy atom. The van der Waals surface area contributed by atoms with Crippen LogP contribution in [0.25, 0.3) is 0 Å². The number of amides is 1. The van der Waals surface area contributed by atoms with Crippen molar-refractivity contribution in [2.75, 3.05) is 26.2 Å². The van der Waals surface area contributed by atoms with E-state index in [2.05, 4.69) is 15.5 Å². The molecule has 3 rings (SSSR count). The number of piperidine rings is 1. The topological polar surface area (TPSA) is 44.4 Å². The minimum Gasteiger partial charge on any atom is -0.354 e. The molecule has 3 saturated heterocycles. The molecule has 2 atom stereocenters. The van der Waals surface area contributed by atoms with Crippen molar-refractivity contribution in [3.8, 4) is 0 Å². The van der Waals surface area contributed by atoms with E-state index in [0.29, 0.717) is 12.1 Å². The van der Waals surface area contributed by atoms with Gasteiger partial charge in [-0.1, -0.05) is 0 Å². The van der Waals surface area contributed by atoms with Crippen LogP contribution in [0.1, 0.15) is 12.8 Å². The summed E-state index contributed by atoms with van der Waals surface area (Å²) in [6, 6.07) is 1.18. The Kier molecular flexibility index (Phi) is 1.99. The summed E-state index contributed by atoms with van der Waals surface area (Å²) in [4.78, 5) is 14.1. The van der Waals surface area contributed by atoms with E-state index in [1.807, 2.05) is 0 Å². The summed E-state index contributed by atoms with van der Waals surface area (Å²) in [6.07, 6.45) is 2.28. The Bertz CT molecular complexity index is 252. The van der Waals surface area contributed by atoms with Gasteiger partial charge in [0.2, 0.25) is 5.91 Å². The molecule has 0 aromatic rings. The van der Waals surface area contributed by atoms with Crippen molar-refractivity contribution in [1.29, 1.82) is 0 Å². The number of nitrogens with one attached hydrogen (secondary N) is 2. The number of carbonyl (C=O) groups is 1. The molecule has 2 N–H and O–H groups in total. The molecule has 4 nitrogen and oxygen atoms in total. The highest BCUT2D eigenvalue weighted by Crippen LogP contribution is 2.29. The molecule has 0 aliphatic carbocycles. The van der Waals surface area contributed by atoms with E-state index in [4.69, 9.17) is 0 Å². The van der Waals surface area contributed by atoms with E-state index in [0.717, 1.165) is 26.1 Å². The van der Waals surface area contributed by atoms with E-state index in [1.54, 1.807) is 0 Å². The first-order chi connectivity index (χ1) is 6.86. The first-order valence-electron chi connectivity index (χ1n) is 5.60. The first-order valence-corrected chi connectivity index (χ1v) is 5.60. The molecule has 3 aliphatic rings. The van der Waals surface area contributed by atoms with Crippen LogP contribution >= 0.6 is 0 Å².